The van der Waals surface area contributed by atoms with E-state index in [1.807, 2.05) is 6.07 Å². The summed E-state index contributed by atoms with van der Waals surface area (Å²) < 4.78 is 11.0. The zero-order chi connectivity index (χ0) is 13.5. The van der Waals surface area contributed by atoms with Crippen LogP contribution in [0.25, 0.3) is 0 Å². The molecule has 1 aromatic carbocycles. The van der Waals surface area contributed by atoms with E-state index in [0.29, 0.717) is 36.3 Å². The molecule has 0 radical (unpaired) electrons. The maximum atomic E-state index is 10.6. The molecule has 1 aliphatic heterocycles. The summed E-state index contributed by atoms with van der Waals surface area (Å²) in [5, 5.41) is 11.1. The van der Waals surface area contributed by atoms with Gasteiger partial charge in [-0.2, -0.15) is 0 Å². The number of benzene rings is 1. The molecule has 1 fully saturated rings. The molecule has 1 heterocycles. The average molecular weight is 284 g/mol. The van der Waals surface area contributed by atoms with Gasteiger partial charge in [-0.1, -0.05) is 18.0 Å². The summed E-state index contributed by atoms with van der Waals surface area (Å²) in [5.74, 6) is 1.18. The van der Waals surface area contributed by atoms with Crippen molar-refractivity contribution in [1.82, 2.24) is 0 Å². The van der Waals surface area contributed by atoms with Crippen molar-refractivity contribution in [3.05, 3.63) is 22.7 Å². The number of ether oxygens (including phenoxy) is 2. The van der Waals surface area contributed by atoms with Gasteiger partial charge in [0, 0.05) is 12.0 Å². The van der Waals surface area contributed by atoms with Crippen LogP contribution < -0.4 is 15.2 Å². The van der Waals surface area contributed by atoms with E-state index >= 15 is 0 Å². The van der Waals surface area contributed by atoms with Gasteiger partial charge in [0.05, 0.1) is 11.1 Å². The van der Waals surface area contributed by atoms with Crippen molar-refractivity contribution in [2.45, 2.75) is 25.4 Å². The standard InChI is InChI=1S/C14H18ClNO3/c15-10-6-9(7-11-12(10)19-5-4-18-11)13(17)14(8-16)2-1-3-14/h6-7,13,17H,1-5,8,16H2. The molecule has 2 aliphatic rings. The van der Waals surface area contributed by atoms with Crippen molar-refractivity contribution >= 4 is 11.6 Å². The number of fused-ring (bicyclic) bond motifs is 1. The Morgan fingerprint density at radius 2 is 2.05 bits per heavy atom. The van der Waals surface area contributed by atoms with E-state index in [1.165, 1.54) is 0 Å². The van der Waals surface area contributed by atoms with Crippen LogP contribution in [0.15, 0.2) is 12.1 Å². The van der Waals surface area contributed by atoms with Crippen molar-refractivity contribution in [2.24, 2.45) is 11.1 Å². The van der Waals surface area contributed by atoms with Crippen molar-refractivity contribution in [3.8, 4) is 11.5 Å². The third-order valence-corrected chi connectivity index (χ3v) is 4.55. The molecule has 1 aliphatic carbocycles. The molecule has 104 valence electrons. The number of nitrogens with two attached hydrogens (primary N) is 1. The number of halogens is 1. The van der Waals surface area contributed by atoms with Crippen molar-refractivity contribution in [2.75, 3.05) is 19.8 Å². The van der Waals surface area contributed by atoms with Gasteiger partial charge in [0.25, 0.3) is 0 Å². The van der Waals surface area contributed by atoms with Crippen molar-refractivity contribution in [1.29, 1.82) is 0 Å². The van der Waals surface area contributed by atoms with Crippen LogP contribution in [-0.2, 0) is 0 Å². The Bertz CT molecular complexity index is 482. The second-order valence-corrected chi connectivity index (χ2v) is 5.76. The van der Waals surface area contributed by atoms with Crippen LogP contribution >= 0.6 is 11.6 Å². The summed E-state index contributed by atoms with van der Waals surface area (Å²) in [6.45, 7) is 1.49. The summed E-state index contributed by atoms with van der Waals surface area (Å²) in [6.07, 6.45) is 2.43. The van der Waals surface area contributed by atoms with Crippen molar-refractivity contribution in [3.63, 3.8) is 0 Å². The fourth-order valence-electron chi connectivity index (χ4n) is 2.86. The Labute approximate surface area is 117 Å². The fourth-order valence-corrected chi connectivity index (χ4v) is 3.14. The van der Waals surface area contributed by atoms with Gasteiger partial charge in [-0.25, -0.2) is 0 Å². The molecule has 3 N–H and O–H groups in total. The van der Waals surface area contributed by atoms with Gasteiger partial charge in [0.2, 0.25) is 0 Å². The fraction of sp³-hybridized carbons (Fsp3) is 0.571. The Hall–Kier alpha value is -0.970. The van der Waals surface area contributed by atoms with Crippen LogP contribution in [0.1, 0.15) is 30.9 Å². The van der Waals surface area contributed by atoms with E-state index in [0.717, 1.165) is 24.8 Å². The van der Waals surface area contributed by atoms with Crippen LogP contribution in [0, 0.1) is 5.41 Å². The molecule has 0 bridgehead atoms. The van der Waals surface area contributed by atoms with Gasteiger partial charge in [0.15, 0.2) is 11.5 Å². The van der Waals surface area contributed by atoms with Gasteiger partial charge in [-0.3, -0.25) is 0 Å². The van der Waals surface area contributed by atoms with E-state index in [9.17, 15) is 5.11 Å². The largest absolute Gasteiger partial charge is 0.486 e. The molecular formula is C14H18ClNO3. The van der Waals surface area contributed by atoms with Crippen LogP contribution in [0.3, 0.4) is 0 Å². The number of hydrogen-bond acceptors (Lipinski definition) is 4. The molecule has 0 saturated heterocycles. The SMILES string of the molecule is NCC1(C(O)c2cc(Cl)c3c(c2)OCCO3)CCC1. The van der Waals surface area contributed by atoms with Crippen LogP contribution in [-0.4, -0.2) is 24.9 Å². The Morgan fingerprint density at radius 1 is 1.32 bits per heavy atom. The molecule has 19 heavy (non-hydrogen) atoms. The Morgan fingerprint density at radius 3 is 2.68 bits per heavy atom. The highest BCUT2D eigenvalue weighted by Gasteiger charge is 2.43. The van der Waals surface area contributed by atoms with Crippen molar-refractivity contribution < 1.29 is 14.6 Å². The lowest BCUT2D eigenvalue weighted by Crippen LogP contribution is -2.42. The first-order valence-corrected chi connectivity index (χ1v) is 7.01. The smallest absolute Gasteiger partial charge is 0.179 e. The minimum absolute atomic E-state index is 0.201. The highest BCUT2D eigenvalue weighted by molar-refractivity contribution is 6.32. The van der Waals surface area contributed by atoms with Crippen LogP contribution in [0.5, 0.6) is 11.5 Å². The van der Waals surface area contributed by atoms with Gasteiger partial charge in [0.1, 0.15) is 13.2 Å². The molecule has 0 aromatic heterocycles. The maximum Gasteiger partial charge on any atom is 0.179 e. The lowest BCUT2D eigenvalue weighted by molar-refractivity contribution is -0.0299. The summed E-state index contributed by atoms with van der Waals surface area (Å²) in [6, 6.07) is 3.58. The molecule has 3 rings (SSSR count). The molecule has 1 aromatic rings. The Kier molecular flexibility index (Phi) is 3.33. The average Bonchev–Trinajstić information content (AvgIpc) is 2.38. The normalized spacial score (nSPS) is 21.6. The predicted octanol–water partition coefficient (Wildman–Crippen LogP) is 2.27. The number of aliphatic hydroxyl groups is 1. The zero-order valence-corrected chi connectivity index (χ0v) is 11.4. The van der Waals surface area contributed by atoms with E-state index in [2.05, 4.69) is 0 Å². The molecule has 0 amide bonds. The monoisotopic (exact) mass is 283 g/mol. The molecule has 5 heteroatoms. The predicted molar refractivity (Wildman–Crippen MR) is 72.7 cm³/mol. The van der Waals surface area contributed by atoms with E-state index in [-0.39, 0.29) is 5.41 Å². The van der Waals surface area contributed by atoms with E-state index in [1.54, 1.807) is 6.07 Å². The van der Waals surface area contributed by atoms with Gasteiger partial charge >= 0.3 is 0 Å². The van der Waals surface area contributed by atoms with Gasteiger partial charge < -0.3 is 20.3 Å². The maximum absolute atomic E-state index is 10.6. The highest BCUT2D eigenvalue weighted by Crippen LogP contribution is 2.51. The highest BCUT2D eigenvalue weighted by atomic mass is 35.5. The lowest BCUT2D eigenvalue weighted by atomic mass is 9.63. The van der Waals surface area contributed by atoms with Gasteiger partial charge in [-0.15, -0.1) is 0 Å². The minimum Gasteiger partial charge on any atom is -0.486 e. The summed E-state index contributed by atoms with van der Waals surface area (Å²) in [5.41, 5.74) is 6.40. The number of aliphatic hydroxyl groups excluding tert-OH is 1. The summed E-state index contributed by atoms with van der Waals surface area (Å²) in [7, 11) is 0. The number of rotatable bonds is 3. The molecule has 0 spiro atoms. The molecule has 1 unspecified atom stereocenters. The second kappa shape index (κ2) is 4.85. The summed E-state index contributed by atoms with van der Waals surface area (Å²) in [4.78, 5) is 0. The van der Waals surface area contributed by atoms with E-state index < -0.39 is 6.10 Å². The Balaban J connectivity index is 1.94. The topological polar surface area (TPSA) is 64.7 Å². The van der Waals surface area contributed by atoms with Gasteiger partial charge in [-0.05, 0) is 30.5 Å². The number of hydrogen-bond donors (Lipinski definition) is 2. The van der Waals surface area contributed by atoms with Crippen LogP contribution in [0.4, 0.5) is 0 Å². The molecular weight excluding hydrogens is 266 g/mol. The first kappa shape index (κ1) is 13.0. The lowest BCUT2D eigenvalue weighted by Gasteiger charge is -2.45. The quantitative estimate of drug-likeness (QED) is 0.893. The first-order valence-electron chi connectivity index (χ1n) is 6.63. The minimum atomic E-state index is -0.598. The molecule has 4 nitrogen and oxygen atoms in total. The third kappa shape index (κ3) is 2.08. The summed E-state index contributed by atoms with van der Waals surface area (Å²) >= 11 is 6.20. The second-order valence-electron chi connectivity index (χ2n) is 5.35. The van der Waals surface area contributed by atoms with E-state index in [4.69, 9.17) is 26.8 Å². The zero-order valence-electron chi connectivity index (χ0n) is 10.7. The third-order valence-electron chi connectivity index (χ3n) is 4.27. The van der Waals surface area contributed by atoms with Crippen LogP contribution in [0.2, 0.25) is 5.02 Å². The first-order chi connectivity index (χ1) is 9.16. The molecule has 1 atom stereocenters. The molecule has 1 saturated carbocycles.